The van der Waals surface area contributed by atoms with E-state index in [1.165, 1.54) is 0 Å². The van der Waals surface area contributed by atoms with Crippen LogP contribution in [0.25, 0.3) is 0 Å². The van der Waals surface area contributed by atoms with Crippen LogP contribution in [0.15, 0.2) is 84.9 Å². The summed E-state index contributed by atoms with van der Waals surface area (Å²) >= 11 is 0. The van der Waals surface area contributed by atoms with E-state index < -0.39 is 42.4 Å². The molecule has 432 valence electrons. The van der Waals surface area contributed by atoms with Gasteiger partial charge in [0.05, 0.1) is 44.0 Å². The summed E-state index contributed by atoms with van der Waals surface area (Å²) < 4.78 is 17.7. The second kappa shape index (κ2) is 33.3. The summed E-state index contributed by atoms with van der Waals surface area (Å²) in [7, 11) is 4.94. The molecule has 0 saturated carbocycles. The van der Waals surface area contributed by atoms with Gasteiger partial charge in [0.1, 0.15) is 24.4 Å². The number of amides is 6. The van der Waals surface area contributed by atoms with E-state index in [2.05, 4.69) is 33.1 Å². The van der Waals surface area contributed by atoms with Crippen molar-refractivity contribution in [1.29, 1.82) is 0 Å². The number of benzene rings is 3. The molecule has 19 nitrogen and oxygen atoms in total. The maximum atomic E-state index is 14.7. The summed E-state index contributed by atoms with van der Waals surface area (Å²) in [5.74, 6) is 5.18. The summed E-state index contributed by atoms with van der Waals surface area (Å²) in [5, 5.41) is 11.7. The number of rotatable bonds is 31. The predicted octanol–water partition coefficient (Wildman–Crippen LogP) is 2.43. The number of carbonyl (C=O) groups excluding carboxylic acids is 6. The van der Waals surface area contributed by atoms with Crippen LogP contribution in [-0.2, 0) is 57.5 Å². The van der Waals surface area contributed by atoms with Crippen LogP contribution in [0, 0.1) is 11.8 Å². The highest BCUT2D eigenvalue weighted by molar-refractivity contribution is 5.91. The third-order valence-electron chi connectivity index (χ3n) is 15.1. The van der Waals surface area contributed by atoms with Crippen molar-refractivity contribution in [2.75, 3.05) is 80.2 Å². The molecule has 0 unspecified atom stereocenters. The molecule has 2 aliphatic rings. The topological polar surface area (TPSA) is 243 Å². The van der Waals surface area contributed by atoms with Gasteiger partial charge in [0.25, 0.3) is 0 Å². The summed E-state index contributed by atoms with van der Waals surface area (Å²) in [6, 6.07) is 22.8. The second-order valence-electron chi connectivity index (χ2n) is 20.7. The molecule has 0 aliphatic carbocycles. The van der Waals surface area contributed by atoms with Gasteiger partial charge >= 0.3 is 0 Å². The zero-order chi connectivity index (χ0) is 57.3. The fraction of sp³-hybridized carbons (Fsp3) is 0.567. The van der Waals surface area contributed by atoms with Crippen molar-refractivity contribution >= 4 is 35.4 Å². The smallest absolute Gasteiger partial charge is 0.248 e. The molecule has 2 aliphatic heterocycles. The van der Waals surface area contributed by atoms with Gasteiger partial charge in [0.2, 0.25) is 35.4 Å². The van der Waals surface area contributed by atoms with Gasteiger partial charge in [0.15, 0.2) is 0 Å². The van der Waals surface area contributed by atoms with Crippen LogP contribution < -0.4 is 37.5 Å². The third-order valence-corrected chi connectivity index (χ3v) is 15.1. The zero-order valence-electron chi connectivity index (χ0n) is 47.6. The number of unbranched alkanes of at least 4 members (excludes halogenated alkanes) is 1. The third kappa shape index (κ3) is 19.7. The molecule has 0 spiro atoms. The van der Waals surface area contributed by atoms with Crippen molar-refractivity contribution in [3.05, 3.63) is 102 Å². The highest BCUT2D eigenvalue weighted by atomic mass is 16.5. The van der Waals surface area contributed by atoms with E-state index in [-0.39, 0.29) is 73.8 Å². The van der Waals surface area contributed by atoms with E-state index in [9.17, 15) is 28.8 Å². The molecular formula is C60H88N10O9. The average Bonchev–Trinajstić information content (AvgIpc) is 4.19. The first kappa shape index (κ1) is 63.4. The van der Waals surface area contributed by atoms with Gasteiger partial charge in [-0.3, -0.25) is 28.8 Å². The van der Waals surface area contributed by atoms with Gasteiger partial charge < -0.3 is 66.5 Å². The summed E-state index contributed by atoms with van der Waals surface area (Å²) in [6.45, 7) is 9.45. The van der Waals surface area contributed by atoms with Crippen molar-refractivity contribution in [1.82, 2.24) is 40.9 Å². The van der Waals surface area contributed by atoms with Gasteiger partial charge in [0, 0.05) is 64.4 Å². The molecule has 0 aromatic heterocycles. The molecule has 3 aromatic rings. The summed E-state index contributed by atoms with van der Waals surface area (Å²) in [4.78, 5) is 89.9. The molecule has 0 radical (unpaired) electrons. The lowest BCUT2D eigenvalue weighted by molar-refractivity contribution is -0.143. The van der Waals surface area contributed by atoms with Crippen molar-refractivity contribution in [3.8, 4) is 17.6 Å². The normalized spacial score (nSPS) is 17.7. The van der Waals surface area contributed by atoms with E-state index in [0.717, 1.165) is 29.5 Å². The molecule has 79 heavy (non-hydrogen) atoms. The minimum Gasteiger partial charge on any atom is -0.497 e. The van der Waals surface area contributed by atoms with Crippen LogP contribution in [0.5, 0.6) is 5.75 Å². The zero-order valence-corrected chi connectivity index (χ0v) is 47.6. The van der Waals surface area contributed by atoms with Crippen molar-refractivity contribution in [2.24, 2.45) is 11.5 Å². The van der Waals surface area contributed by atoms with Gasteiger partial charge in [-0.25, -0.2) is 0 Å². The lowest BCUT2D eigenvalue weighted by Gasteiger charge is -2.35. The SMILES string of the molecule is CN[C@@H](C)C(=O)N[C@H](C(=O)N1CCC[C@H]1CN(CCc1ccccc1)C(=O)CN)[C@@H](C)OCCCC#CCO[C@H](C)[C@H](NC(=O)[C@H](C)NC)C(=O)N1CCC[C@H]1CN(CCc1ccccc1)C(=O)[C@H](N)Cc1ccc(OC)cc1. The number of likely N-dealkylation sites (N-methyl/N-ethyl adjacent to an activating group) is 2. The molecule has 2 heterocycles. The van der Waals surface area contributed by atoms with Crippen LogP contribution in [-0.4, -0.2) is 190 Å². The number of methoxy groups -OCH3 is 1. The number of ether oxygens (including phenoxy) is 3. The van der Waals surface area contributed by atoms with Gasteiger partial charge in [-0.1, -0.05) is 78.7 Å². The van der Waals surface area contributed by atoms with Crippen molar-refractivity contribution in [3.63, 3.8) is 0 Å². The first-order valence-corrected chi connectivity index (χ1v) is 28.1. The van der Waals surface area contributed by atoms with Crippen LogP contribution in [0.2, 0.25) is 0 Å². The lowest BCUT2D eigenvalue weighted by Crippen LogP contribution is -2.59. The Morgan fingerprint density at radius 1 is 0.671 bits per heavy atom. The molecule has 8 N–H and O–H groups in total. The van der Waals surface area contributed by atoms with E-state index in [0.29, 0.717) is 83.4 Å². The number of carbonyl (C=O) groups is 6. The maximum absolute atomic E-state index is 14.7. The molecule has 6 amide bonds. The quantitative estimate of drug-likeness (QED) is 0.0401. The highest BCUT2D eigenvalue weighted by Crippen LogP contribution is 2.24. The fourth-order valence-electron chi connectivity index (χ4n) is 9.90. The van der Waals surface area contributed by atoms with Crippen LogP contribution in [0.4, 0.5) is 0 Å². The van der Waals surface area contributed by atoms with Crippen LogP contribution in [0.1, 0.15) is 82.9 Å². The molecule has 9 atom stereocenters. The van der Waals surface area contributed by atoms with Crippen LogP contribution >= 0.6 is 0 Å². The predicted molar refractivity (Wildman–Crippen MR) is 305 cm³/mol. The Morgan fingerprint density at radius 2 is 1.16 bits per heavy atom. The Morgan fingerprint density at radius 3 is 1.66 bits per heavy atom. The monoisotopic (exact) mass is 1090 g/mol. The standard InChI is InChI=1S/C60H88N10O9/c1-42(63-5)56(72)65-54(59(75)69-32-18-24-49(69)40-67(53(71)39-61)34-30-46-20-12-10-13-21-46)44(3)78-36-16-8-9-17-37-79-45(4)55(66-57(73)43(2)64-6)60(76)70-33-19-25-50(70)41-68(35-31-47-22-14-11-15-23-47)58(74)52(62)38-48-26-28-51(77-7)29-27-48/h10-15,20-23,26-29,42-45,49-50,52,54-55,63-64H,8,16,18-19,24-25,30-41,61-62H2,1-7H3,(H,65,72)(H,66,73)/t42-,43-,44+,45+,49-,50-,52+,54-,55-/m0/s1. The van der Waals surface area contributed by atoms with Crippen molar-refractivity contribution in [2.45, 2.75) is 140 Å². The Bertz CT molecular complexity index is 2440. The Balaban J connectivity index is 1.18. The van der Waals surface area contributed by atoms with E-state index in [1.807, 2.05) is 84.9 Å². The number of nitrogens with zero attached hydrogens (tertiary/aromatic N) is 4. The minimum atomic E-state index is -1.04. The van der Waals surface area contributed by atoms with Crippen LogP contribution in [0.3, 0.4) is 0 Å². The van der Waals surface area contributed by atoms with Gasteiger partial charge in [-0.05, 0) is 122 Å². The summed E-state index contributed by atoms with van der Waals surface area (Å²) in [5.41, 5.74) is 15.5. The molecule has 0 bridgehead atoms. The number of nitrogens with one attached hydrogen (secondary N) is 4. The number of hydrogen-bond acceptors (Lipinski definition) is 13. The van der Waals surface area contributed by atoms with E-state index in [4.69, 9.17) is 25.7 Å². The molecule has 19 heteroatoms. The lowest BCUT2D eigenvalue weighted by atomic mass is 10.0. The van der Waals surface area contributed by atoms with E-state index in [1.54, 1.807) is 68.5 Å². The first-order valence-electron chi connectivity index (χ1n) is 28.1. The van der Waals surface area contributed by atoms with Gasteiger partial charge in [-0.15, -0.1) is 5.92 Å². The molecule has 3 aromatic carbocycles. The highest BCUT2D eigenvalue weighted by Gasteiger charge is 2.40. The van der Waals surface area contributed by atoms with Crippen molar-refractivity contribution < 1.29 is 43.0 Å². The number of hydrogen-bond donors (Lipinski definition) is 6. The molecule has 5 rings (SSSR count). The maximum Gasteiger partial charge on any atom is 0.248 e. The molecule has 2 saturated heterocycles. The molecule has 2 fully saturated rings. The number of nitrogens with two attached hydrogens (primary N) is 2. The Hall–Kier alpha value is -6.40. The van der Waals surface area contributed by atoms with Gasteiger partial charge in [-0.2, -0.15) is 0 Å². The second-order valence-corrected chi connectivity index (χ2v) is 20.7. The average molecular weight is 1090 g/mol. The summed E-state index contributed by atoms with van der Waals surface area (Å²) in [6.07, 6.45) is 3.94. The molecular weight excluding hydrogens is 1000 g/mol. The fourth-order valence-corrected chi connectivity index (χ4v) is 9.90. The first-order chi connectivity index (χ1) is 38.1. The largest absolute Gasteiger partial charge is 0.497 e. The van der Waals surface area contributed by atoms with E-state index >= 15 is 0 Å². The Kier molecular flexibility index (Phi) is 26.7. The Labute approximate surface area is 468 Å². The number of likely N-dealkylation sites (tertiary alicyclic amines) is 2. The minimum absolute atomic E-state index is 0.0131.